The monoisotopic (exact) mass is 210 g/mol. The van der Waals surface area contributed by atoms with E-state index in [1.807, 2.05) is 6.92 Å². The van der Waals surface area contributed by atoms with Crippen molar-refractivity contribution in [2.45, 2.75) is 18.7 Å². The van der Waals surface area contributed by atoms with E-state index < -0.39 is 10.1 Å². The van der Waals surface area contributed by atoms with Crippen LogP contribution in [-0.2, 0) is 10.1 Å². The molecule has 1 N–H and O–H groups in total. The van der Waals surface area contributed by atoms with Crippen molar-refractivity contribution < 1.29 is 13.0 Å². The Balaban J connectivity index is 0.00000144. The zero-order valence-corrected chi connectivity index (χ0v) is 7.72. The molecule has 5 heteroatoms. The molecule has 3 nitrogen and oxygen atoms in total. The van der Waals surface area contributed by atoms with Crippen molar-refractivity contribution >= 4 is 39.7 Å². The van der Waals surface area contributed by atoms with Crippen LogP contribution in [0.1, 0.15) is 11.1 Å². The van der Waals surface area contributed by atoms with Gasteiger partial charge in [0.1, 0.15) is 0 Å². The molecule has 68 valence electrons. The molecule has 0 saturated carbocycles. The van der Waals surface area contributed by atoms with Gasteiger partial charge in [0.25, 0.3) is 10.1 Å². The van der Waals surface area contributed by atoms with Gasteiger partial charge in [-0.15, -0.1) is 0 Å². The summed E-state index contributed by atoms with van der Waals surface area (Å²) in [5.41, 5.74) is 1.85. The fraction of sp³-hybridized carbons (Fsp3) is 0.250. The van der Waals surface area contributed by atoms with Crippen molar-refractivity contribution in [3.8, 4) is 0 Å². The fourth-order valence-corrected chi connectivity index (χ4v) is 1.44. The average molecular weight is 210 g/mol. The van der Waals surface area contributed by atoms with Gasteiger partial charge < -0.3 is 0 Å². The number of hydrogen-bond acceptors (Lipinski definition) is 2. The minimum atomic E-state index is -4.04. The molecule has 0 fully saturated rings. The molecule has 0 amide bonds. The molecule has 0 spiro atoms. The van der Waals surface area contributed by atoms with Gasteiger partial charge in [0, 0.05) is 0 Å². The molecule has 0 aliphatic rings. The zero-order chi connectivity index (χ0) is 9.35. The second-order valence-corrected chi connectivity index (χ2v) is 4.14. The second kappa shape index (κ2) is 4.57. The SMILES string of the molecule is Cc1ccc(S(=O)(=O)O)cc1C.[NaH]. The Kier molecular flexibility index (Phi) is 4.62. The molecule has 0 radical (unpaired) electrons. The predicted octanol–water partition coefficient (Wildman–Crippen LogP) is 0.902. The van der Waals surface area contributed by atoms with Gasteiger partial charge in [-0.25, -0.2) is 0 Å². The molecule has 0 aliphatic heterocycles. The summed E-state index contributed by atoms with van der Waals surface area (Å²) in [6.07, 6.45) is 0. The molecular formula is C8H11NaO3S. The van der Waals surface area contributed by atoms with Crippen molar-refractivity contribution in [1.82, 2.24) is 0 Å². The fourth-order valence-electron chi connectivity index (χ4n) is 0.874. The van der Waals surface area contributed by atoms with E-state index in [-0.39, 0.29) is 34.5 Å². The molecule has 1 aromatic carbocycles. The van der Waals surface area contributed by atoms with Crippen LogP contribution >= 0.6 is 0 Å². The van der Waals surface area contributed by atoms with E-state index in [1.165, 1.54) is 12.1 Å². The van der Waals surface area contributed by atoms with Gasteiger partial charge in [-0.3, -0.25) is 4.55 Å². The van der Waals surface area contributed by atoms with Crippen molar-refractivity contribution in [1.29, 1.82) is 0 Å². The number of rotatable bonds is 1. The number of hydrogen-bond donors (Lipinski definition) is 1. The van der Waals surface area contributed by atoms with Crippen molar-refractivity contribution in [2.24, 2.45) is 0 Å². The summed E-state index contributed by atoms with van der Waals surface area (Å²) in [6.45, 7) is 3.67. The van der Waals surface area contributed by atoms with Crippen LogP contribution in [0.4, 0.5) is 0 Å². The van der Waals surface area contributed by atoms with Crippen molar-refractivity contribution in [3.63, 3.8) is 0 Å². The van der Waals surface area contributed by atoms with Crippen LogP contribution < -0.4 is 0 Å². The van der Waals surface area contributed by atoms with Crippen LogP contribution in [0.25, 0.3) is 0 Å². The number of aryl methyl sites for hydroxylation is 2. The van der Waals surface area contributed by atoms with E-state index in [0.29, 0.717) is 0 Å². The summed E-state index contributed by atoms with van der Waals surface area (Å²) < 4.78 is 30.0. The van der Waals surface area contributed by atoms with E-state index in [2.05, 4.69) is 0 Å². The molecule has 0 heterocycles. The molecule has 0 aliphatic carbocycles. The van der Waals surface area contributed by atoms with Gasteiger partial charge in [-0.05, 0) is 37.1 Å². The maximum atomic E-state index is 10.7. The van der Waals surface area contributed by atoms with Crippen LogP contribution in [0.3, 0.4) is 0 Å². The normalized spacial score (nSPS) is 10.7. The van der Waals surface area contributed by atoms with E-state index >= 15 is 0 Å². The van der Waals surface area contributed by atoms with Gasteiger partial charge >= 0.3 is 29.6 Å². The standard InChI is InChI=1S/C8H10O3S.Na.H/c1-6-3-4-8(5-7(6)2)12(9,10)11;;/h3-5H,1-2H3,(H,9,10,11);;. The van der Waals surface area contributed by atoms with Gasteiger partial charge in [0.15, 0.2) is 0 Å². The van der Waals surface area contributed by atoms with Crippen LogP contribution in [0.2, 0.25) is 0 Å². The Morgan fingerprint density at radius 2 is 1.69 bits per heavy atom. The molecule has 0 aromatic heterocycles. The summed E-state index contributed by atoms with van der Waals surface area (Å²) in [7, 11) is -4.04. The Labute approximate surface area is 100 Å². The third-order valence-electron chi connectivity index (χ3n) is 1.78. The predicted molar refractivity (Wildman–Crippen MR) is 52.9 cm³/mol. The Hall–Kier alpha value is 0.130. The van der Waals surface area contributed by atoms with Crippen LogP contribution in [-0.4, -0.2) is 42.5 Å². The molecule has 0 atom stereocenters. The second-order valence-electron chi connectivity index (χ2n) is 2.72. The quantitative estimate of drug-likeness (QED) is 0.553. The van der Waals surface area contributed by atoms with E-state index in [0.717, 1.165) is 11.1 Å². The van der Waals surface area contributed by atoms with Gasteiger partial charge in [-0.2, -0.15) is 8.42 Å². The molecule has 0 unspecified atom stereocenters. The first-order chi connectivity index (χ1) is 5.41. The molecule has 0 bridgehead atoms. The van der Waals surface area contributed by atoms with Gasteiger partial charge in [-0.1, -0.05) is 6.07 Å². The third-order valence-corrected chi connectivity index (χ3v) is 2.63. The first-order valence-electron chi connectivity index (χ1n) is 3.46. The van der Waals surface area contributed by atoms with Crippen molar-refractivity contribution in [2.75, 3.05) is 0 Å². The van der Waals surface area contributed by atoms with Crippen LogP contribution in [0.15, 0.2) is 23.1 Å². The first-order valence-corrected chi connectivity index (χ1v) is 4.90. The summed E-state index contributed by atoms with van der Waals surface area (Å²) >= 11 is 0. The summed E-state index contributed by atoms with van der Waals surface area (Å²) in [4.78, 5) is -0.0504. The molecule has 0 saturated heterocycles. The van der Waals surface area contributed by atoms with Gasteiger partial charge in [0.2, 0.25) is 0 Å². The van der Waals surface area contributed by atoms with E-state index in [9.17, 15) is 8.42 Å². The summed E-state index contributed by atoms with van der Waals surface area (Å²) in [5.74, 6) is 0. The molecule has 1 rings (SSSR count). The summed E-state index contributed by atoms with van der Waals surface area (Å²) in [6, 6.07) is 4.50. The first kappa shape index (κ1) is 13.1. The topological polar surface area (TPSA) is 54.4 Å². The van der Waals surface area contributed by atoms with Crippen LogP contribution in [0.5, 0.6) is 0 Å². The third kappa shape index (κ3) is 3.40. The summed E-state index contributed by atoms with van der Waals surface area (Å²) in [5, 5.41) is 0. The van der Waals surface area contributed by atoms with E-state index in [1.54, 1.807) is 13.0 Å². The average Bonchev–Trinajstić information content (AvgIpc) is 1.92. The molecular weight excluding hydrogens is 199 g/mol. The Bertz CT molecular complexity index is 398. The maximum absolute atomic E-state index is 10.7. The van der Waals surface area contributed by atoms with Gasteiger partial charge in [0.05, 0.1) is 4.90 Å². The molecule has 1 aromatic rings. The zero-order valence-electron chi connectivity index (χ0n) is 6.90. The minimum absolute atomic E-state index is 0. The molecule has 13 heavy (non-hydrogen) atoms. The number of benzene rings is 1. The van der Waals surface area contributed by atoms with E-state index in [4.69, 9.17) is 4.55 Å². The van der Waals surface area contributed by atoms with Crippen molar-refractivity contribution in [3.05, 3.63) is 29.3 Å². The Morgan fingerprint density at radius 1 is 1.15 bits per heavy atom. The van der Waals surface area contributed by atoms with Crippen LogP contribution in [0, 0.1) is 13.8 Å². The Morgan fingerprint density at radius 3 is 2.08 bits per heavy atom.